The molecule has 3 rings (SSSR count). The van der Waals surface area contributed by atoms with Crippen LogP contribution in [0.25, 0.3) is 11.3 Å². The van der Waals surface area contributed by atoms with Gasteiger partial charge in [-0.3, -0.25) is 4.98 Å². The number of benzene rings is 1. The summed E-state index contributed by atoms with van der Waals surface area (Å²) in [6.45, 7) is 4.00. The van der Waals surface area contributed by atoms with Crippen molar-refractivity contribution in [3.05, 3.63) is 46.9 Å². The zero-order chi connectivity index (χ0) is 14.3. The van der Waals surface area contributed by atoms with E-state index in [0.717, 1.165) is 47.5 Å². The van der Waals surface area contributed by atoms with Crippen LogP contribution in [0.1, 0.15) is 43.0 Å². The standard InChI is InChI=1S/C17H19FN2/c1-10(2)17-12(6-3-7-13(17)18)16-9-14(19)11-5-4-8-15(11)20-16/h3,6-7,9-10H,4-5,8H2,1-2H3,(H2,19,20). The summed E-state index contributed by atoms with van der Waals surface area (Å²) < 4.78 is 14.1. The molecule has 2 aromatic rings. The molecule has 0 aliphatic heterocycles. The summed E-state index contributed by atoms with van der Waals surface area (Å²) in [5.74, 6) is -0.0548. The van der Waals surface area contributed by atoms with Crippen LogP contribution in [-0.2, 0) is 12.8 Å². The van der Waals surface area contributed by atoms with Crippen molar-refractivity contribution in [1.82, 2.24) is 4.98 Å². The first-order valence-electron chi connectivity index (χ1n) is 7.15. The summed E-state index contributed by atoms with van der Waals surface area (Å²) in [5, 5.41) is 0. The van der Waals surface area contributed by atoms with E-state index in [-0.39, 0.29) is 11.7 Å². The van der Waals surface area contributed by atoms with Gasteiger partial charge in [-0.2, -0.15) is 0 Å². The van der Waals surface area contributed by atoms with E-state index in [2.05, 4.69) is 0 Å². The van der Waals surface area contributed by atoms with Crippen LogP contribution in [0.2, 0.25) is 0 Å². The van der Waals surface area contributed by atoms with Crippen molar-refractivity contribution in [3.63, 3.8) is 0 Å². The first-order valence-corrected chi connectivity index (χ1v) is 7.15. The molecule has 1 aliphatic carbocycles. The smallest absolute Gasteiger partial charge is 0.127 e. The fourth-order valence-corrected chi connectivity index (χ4v) is 3.06. The predicted molar refractivity (Wildman–Crippen MR) is 80.2 cm³/mol. The van der Waals surface area contributed by atoms with Crippen molar-refractivity contribution in [3.8, 4) is 11.3 Å². The van der Waals surface area contributed by atoms with Gasteiger partial charge in [-0.1, -0.05) is 26.0 Å². The lowest BCUT2D eigenvalue weighted by atomic mass is 9.94. The van der Waals surface area contributed by atoms with Gasteiger partial charge in [0.05, 0.1) is 5.69 Å². The molecule has 0 saturated carbocycles. The lowest BCUT2D eigenvalue weighted by molar-refractivity contribution is 0.599. The lowest BCUT2D eigenvalue weighted by Crippen LogP contribution is -2.02. The molecule has 0 atom stereocenters. The van der Waals surface area contributed by atoms with E-state index in [1.165, 1.54) is 11.6 Å². The maximum atomic E-state index is 14.1. The first-order chi connectivity index (χ1) is 9.58. The number of aromatic nitrogens is 1. The second-order valence-corrected chi connectivity index (χ2v) is 5.73. The van der Waals surface area contributed by atoms with E-state index < -0.39 is 0 Å². The van der Waals surface area contributed by atoms with Gasteiger partial charge in [0.1, 0.15) is 5.82 Å². The van der Waals surface area contributed by atoms with Crippen molar-refractivity contribution in [2.24, 2.45) is 0 Å². The molecule has 1 aromatic carbocycles. The van der Waals surface area contributed by atoms with Crippen LogP contribution in [-0.4, -0.2) is 4.98 Å². The maximum Gasteiger partial charge on any atom is 0.127 e. The van der Waals surface area contributed by atoms with Gasteiger partial charge >= 0.3 is 0 Å². The molecule has 0 spiro atoms. The second-order valence-electron chi connectivity index (χ2n) is 5.73. The van der Waals surface area contributed by atoms with E-state index in [0.29, 0.717) is 0 Å². The van der Waals surface area contributed by atoms with Gasteiger partial charge in [0.2, 0.25) is 0 Å². The highest BCUT2D eigenvalue weighted by molar-refractivity contribution is 5.70. The van der Waals surface area contributed by atoms with E-state index >= 15 is 0 Å². The largest absolute Gasteiger partial charge is 0.398 e. The van der Waals surface area contributed by atoms with E-state index in [9.17, 15) is 4.39 Å². The van der Waals surface area contributed by atoms with Crippen molar-refractivity contribution < 1.29 is 4.39 Å². The molecule has 1 heterocycles. The number of hydrogen-bond donors (Lipinski definition) is 1. The summed E-state index contributed by atoms with van der Waals surface area (Å²) in [5.41, 5.74) is 11.6. The SMILES string of the molecule is CC(C)c1c(F)cccc1-c1cc(N)c2c(n1)CCC2. The van der Waals surface area contributed by atoms with Gasteiger partial charge in [-0.05, 0) is 48.4 Å². The Morgan fingerprint density at radius 1 is 1.25 bits per heavy atom. The number of fused-ring (bicyclic) bond motifs is 1. The van der Waals surface area contributed by atoms with Crippen LogP contribution >= 0.6 is 0 Å². The van der Waals surface area contributed by atoms with Gasteiger partial charge in [0.25, 0.3) is 0 Å². The van der Waals surface area contributed by atoms with Crippen molar-refractivity contribution in [2.75, 3.05) is 5.73 Å². The Morgan fingerprint density at radius 2 is 2.05 bits per heavy atom. The first kappa shape index (κ1) is 13.1. The third-order valence-electron chi connectivity index (χ3n) is 3.99. The third-order valence-corrected chi connectivity index (χ3v) is 3.99. The minimum atomic E-state index is -0.168. The number of hydrogen-bond acceptors (Lipinski definition) is 2. The summed E-state index contributed by atoms with van der Waals surface area (Å²) >= 11 is 0. The molecule has 20 heavy (non-hydrogen) atoms. The van der Waals surface area contributed by atoms with Crippen molar-refractivity contribution >= 4 is 5.69 Å². The number of anilines is 1. The fourth-order valence-electron chi connectivity index (χ4n) is 3.06. The average Bonchev–Trinajstić information content (AvgIpc) is 2.86. The molecule has 0 radical (unpaired) electrons. The summed E-state index contributed by atoms with van der Waals surface area (Å²) in [6, 6.07) is 7.07. The topological polar surface area (TPSA) is 38.9 Å². The minimum Gasteiger partial charge on any atom is -0.398 e. The molecular formula is C17H19FN2. The van der Waals surface area contributed by atoms with Crippen LogP contribution in [0, 0.1) is 5.82 Å². The van der Waals surface area contributed by atoms with Crippen LogP contribution in [0.3, 0.4) is 0 Å². The molecule has 104 valence electrons. The Balaban J connectivity index is 2.20. The monoisotopic (exact) mass is 270 g/mol. The molecular weight excluding hydrogens is 251 g/mol. The normalized spacial score (nSPS) is 13.8. The van der Waals surface area contributed by atoms with Gasteiger partial charge < -0.3 is 5.73 Å². The van der Waals surface area contributed by atoms with E-state index in [1.54, 1.807) is 6.07 Å². The number of halogens is 1. The average molecular weight is 270 g/mol. The molecule has 0 bridgehead atoms. The summed E-state index contributed by atoms with van der Waals surface area (Å²) in [4.78, 5) is 4.72. The Kier molecular flexibility index (Phi) is 3.20. The van der Waals surface area contributed by atoms with Gasteiger partial charge in [-0.15, -0.1) is 0 Å². The van der Waals surface area contributed by atoms with Gasteiger partial charge in [0, 0.05) is 16.9 Å². The van der Waals surface area contributed by atoms with E-state index in [1.807, 2.05) is 26.0 Å². The Bertz CT molecular complexity index is 662. The van der Waals surface area contributed by atoms with Crippen LogP contribution < -0.4 is 5.73 Å². The number of nitrogens with zero attached hydrogens (tertiary/aromatic N) is 1. The fraction of sp³-hybridized carbons (Fsp3) is 0.353. The third kappa shape index (κ3) is 2.07. The van der Waals surface area contributed by atoms with Gasteiger partial charge in [-0.25, -0.2) is 4.39 Å². The molecule has 2 N–H and O–H groups in total. The molecule has 0 unspecified atom stereocenters. The molecule has 0 saturated heterocycles. The molecule has 0 fully saturated rings. The second kappa shape index (κ2) is 4.89. The Morgan fingerprint density at radius 3 is 2.80 bits per heavy atom. The summed E-state index contributed by atoms with van der Waals surface area (Å²) in [7, 11) is 0. The quantitative estimate of drug-likeness (QED) is 0.893. The zero-order valence-corrected chi connectivity index (χ0v) is 11.9. The van der Waals surface area contributed by atoms with Crippen molar-refractivity contribution in [2.45, 2.75) is 39.0 Å². The summed E-state index contributed by atoms with van der Waals surface area (Å²) in [6.07, 6.45) is 3.09. The van der Waals surface area contributed by atoms with E-state index in [4.69, 9.17) is 10.7 Å². The number of aryl methyl sites for hydroxylation is 1. The lowest BCUT2D eigenvalue weighted by Gasteiger charge is -2.15. The Labute approximate surface area is 118 Å². The van der Waals surface area contributed by atoms with Crippen LogP contribution in [0.4, 0.5) is 10.1 Å². The number of nitrogens with two attached hydrogens (primary N) is 1. The molecule has 3 heteroatoms. The van der Waals surface area contributed by atoms with Gasteiger partial charge in [0.15, 0.2) is 0 Å². The zero-order valence-electron chi connectivity index (χ0n) is 11.9. The molecule has 1 aromatic heterocycles. The van der Waals surface area contributed by atoms with Crippen LogP contribution in [0.5, 0.6) is 0 Å². The van der Waals surface area contributed by atoms with Crippen molar-refractivity contribution in [1.29, 1.82) is 0 Å². The predicted octanol–water partition coefficient (Wildman–Crippen LogP) is 4.08. The van der Waals surface area contributed by atoms with Crippen LogP contribution in [0.15, 0.2) is 24.3 Å². The number of rotatable bonds is 2. The maximum absolute atomic E-state index is 14.1. The highest BCUT2D eigenvalue weighted by Gasteiger charge is 2.20. The highest BCUT2D eigenvalue weighted by atomic mass is 19.1. The molecule has 0 amide bonds. The number of pyridine rings is 1. The molecule has 1 aliphatic rings. The highest BCUT2D eigenvalue weighted by Crippen LogP contribution is 2.34. The Hall–Kier alpha value is -1.90. The molecule has 2 nitrogen and oxygen atoms in total. The minimum absolute atomic E-state index is 0.113. The number of nitrogen functional groups attached to an aromatic ring is 1.